The number of anilines is 1. The number of aromatic amines is 1. The molecule has 0 aromatic carbocycles. The molecule has 0 fully saturated rings. The van der Waals surface area contributed by atoms with Gasteiger partial charge in [-0.3, -0.25) is 9.55 Å². The zero-order valence-electron chi connectivity index (χ0n) is 8.76. The Morgan fingerprint density at radius 3 is 2.69 bits per heavy atom. The first-order valence-electron chi connectivity index (χ1n) is 4.23. The zero-order chi connectivity index (χ0) is 12.3. The molecule has 1 N–H and O–H groups in total. The molecule has 88 valence electrons. The SMILES string of the molecule is CN(C)c1nc(=O)[nH]c(=O)n1CC(=O)OP. The van der Waals surface area contributed by atoms with Crippen LogP contribution in [0, 0.1) is 0 Å². The molecule has 0 saturated carbocycles. The van der Waals surface area contributed by atoms with Crippen molar-refractivity contribution in [1.82, 2.24) is 14.5 Å². The van der Waals surface area contributed by atoms with Crippen LogP contribution in [0.2, 0.25) is 0 Å². The molecule has 0 aliphatic heterocycles. The number of aromatic nitrogens is 3. The highest BCUT2D eigenvalue weighted by Crippen LogP contribution is 2.01. The van der Waals surface area contributed by atoms with Crippen molar-refractivity contribution in [2.24, 2.45) is 0 Å². The Balaban J connectivity index is 3.30. The van der Waals surface area contributed by atoms with Gasteiger partial charge in [0, 0.05) is 14.1 Å². The van der Waals surface area contributed by atoms with Gasteiger partial charge in [-0.25, -0.2) is 14.4 Å². The van der Waals surface area contributed by atoms with Gasteiger partial charge in [0.1, 0.15) is 6.54 Å². The second-order valence-electron chi connectivity index (χ2n) is 3.12. The van der Waals surface area contributed by atoms with Gasteiger partial charge in [-0.05, 0) is 0 Å². The Bertz CT molecular complexity index is 506. The monoisotopic (exact) mass is 246 g/mol. The summed E-state index contributed by atoms with van der Waals surface area (Å²) in [5.74, 6) is -0.548. The van der Waals surface area contributed by atoms with E-state index < -0.39 is 17.3 Å². The van der Waals surface area contributed by atoms with E-state index in [-0.39, 0.29) is 12.5 Å². The molecule has 8 nitrogen and oxygen atoms in total. The van der Waals surface area contributed by atoms with Crippen molar-refractivity contribution in [2.45, 2.75) is 6.54 Å². The molecular formula is C7H11N4O4P. The number of nitrogens with zero attached hydrogens (tertiary/aromatic N) is 3. The fourth-order valence-electron chi connectivity index (χ4n) is 1.08. The molecule has 0 aliphatic rings. The number of carbonyl (C=O) groups excluding carboxylic acids is 1. The van der Waals surface area contributed by atoms with Gasteiger partial charge in [-0.2, -0.15) is 4.98 Å². The average molecular weight is 246 g/mol. The highest BCUT2D eigenvalue weighted by molar-refractivity contribution is 7.10. The van der Waals surface area contributed by atoms with E-state index in [2.05, 4.69) is 9.51 Å². The second-order valence-corrected chi connectivity index (χ2v) is 3.35. The van der Waals surface area contributed by atoms with Gasteiger partial charge in [0.05, 0.1) is 9.47 Å². The molecule has 0 bridgehead atoms. The summed E-state index contributed by atoms with van der Waals surface area (Å²) in [7, 11) is 4.99. The van der Waals surface area contributed by atoms with E-state index in [0.29, 0.717) is 0 Å². The third-order valence-corrected chi connectivity index (χ3v) is 1.98. The lowest BCUT2D eigenvalue weighted by Crippen LogP contribution is -2.37. The maximum atomic E-state index is 11.4. The van der Waals surface area contributed by atoms with E-state index in [1.165, 1.54) is 4.90 Å². The van der Waals surface area contributed by atoms with Gasteiger partial charge in [0.15, 0.2) is 0 Å². The van der Waals surface area contributed by atoms with Crippen molar-refractivity contribution in [3.05, 3.63) is 21.0 Å². The van der Waals surface area contributed by atoms with E-state index in [4.69, 9.17) is 0 Å². The van der Waals surface area contributed by atoms with Gasteiger partial charge in [-0.15, -0.1) is 0 Å². The van der Waals surface area contributed by atoms with Crippen molar-refractivity contribution in [3.63, 3.8) is 0 Å². The summed E-state index contributed by atoms with van der Waals surface area (Å²) < 4.78 is 5.36. The number of hydrogen-bond donors (Lipinski definition) is 1. The van der Waals surface area contributed by atoms with Crippen molar-refractivity contribution in [2.75, 3.05) is 19.0 Å². The normalized spacial score (nSPS) is 9.94. The lowest BCUT2D eigenvalue weighted by atomic mass is 10.6. The highest BCUT2D eigenvalue weighted by atomic mass is 31.0. The second kappa shape index (κ2) is 4.89. The van der Waals surface area contributed by atoms with E-state index in [1.54, 1.807) is 23.6 Å². The largest absolute Gasteiger partial charge is 0.450 e. The van der Waals surface area contributed by atoms with Crippen molar-refractivity contribution >= 4 is 21.4 Å². The van der Waals surface area contributed by atoms with Crippen LogP contribution in [0.1, 0.15) is 0 Å². The predicted octanol–water partition coefficient (Wildman–Crippen LogP) is -1.67. The van der Waals surface area contributed by atoms with Crippen LogP contribution in [0.4, 0.5) is 5.95 Å². The fourth-order valence-corrected chi connectivity index (χ4v) is 1.15. The van der Waals surface area contributed by atoms with Crippen molar-refractivity contribution in [1.29, 1.82) is 0 Å². The van der Waals surface area contributed by atoms with Gasteiger partial charge in [-0.1, -0.05) is 0 Å². The molecule has 16 heavy (non-hydrogen) atoms. The minimum Gasteiger partial charge on any atom is -0.450 e. The quantitative estimate of drug-likeness (QED) is 0.640. The van der Waals surface area contributed by atoms with Gasteiger partial charge < -0.3 is 9.42 Å². The molecule has 1 atom stereocenters. The predicted molar refractivity (Wildman–Crippen MR) is 59.2 cm³/mol. The first kappa shape index (κ1) is 12.4. The molecule has 0 radical (unpaired) electrons. The van der Waals surface area contributed by atoms with Crippen LogP contribution >= 0.6 is 9.47 Å². The minimum atomic E-state index is -0.760. The van der Waals surface area contributed by atoms with Crippen LogP contribution in [-0.4, -0.2) is 34.6 Å². The molecule has 9 heteroatoms. The lowest BCUT2D eigenvalue weighted by Gasteiger charge is -2.15. The van der Waals surface area contributed by atoms with Gasteiger partial charge in [0.2, 0.25) is 5.95 Å². The third-order valence-electron chi connectivity index (χ3n) is 1.72. The zero-order valence-corrected chi connectivity index (χ0v) is 9.91. The highest BCUT2D eigenvalue weighted by Gasteiger charge is 2.13. The molecule has 1 heterocycles. The maximum Gasteiger partial charge on any atom is 0.352 e. The molecule has 0 aliphatic carbocycles. The lowest BCUT2D eigenvalue weighted by molar-refractivity contribution is -0.133. The fraction of sp³-hybridized carbons (Fsp3) is 0.429. The average Bonchev–Trinajstić information content (AvgIpc) is 2.20. The van der Waals surface area contributed by atoms with Crippen LogP contribution in [0.3, 0.4) is 0 Å². The Morgan fingerprint density at radius 1 is 1.56 bits per heavy atom. The molecule has 1 aromatic heterocycles. The summed E-state index contributed by atoms with van der Waals surface area (Å²) in [6.45, 7) is -0.320. The number of H-pyrrole nitrogens is 1. The summed E-state index contributed by atoms with van der Waals surface area (Å²) in [5, 5.41) is 0. The Kier molecular flexibility index (Phi) is 3.78. The number of hydrogen-bond acceptors (Lipinski definition) is 6. The minimum absolute atomic E-state index is 0.0872. The van der Waals surface area contributed by atoms with Gasteiger partial charge in [0.25, 0.3) is 0 Å². The molecule has 1 unspecified atom stereocenters. The van der Waals surface area contributed by atoms with E-state index in [1.807, 2.05) is 4.98 Å². The van der Waals surface area contributed by atoms with Crippen molar-refractivity contribution < 1.29 is 9.32 Å². The Hall–Kier alpha value is -1.69. The van der Waals surface area contributed by atoms with E-state index >= 15 is 0 Å². The molecular weight excluding hydrogens is 235 g/mol. The Labute approximate surface area is 92.5 Å². The molecule has 0 amide bonds. The number of nitrogens with one attached hydrogen (secondary N) is 1. The van der Waals surface area contributed by atoms with Crippen LogP contribution in [-0.2, 0) is 15.9 Å². The number of rotatable bonds is 3. The summed E-state index contributed by atoms with van der Waals surface area (Å²) in [5.41, 5.74) is -1.47. The first-order chi connectivity index (χ1) is 7.45. The molecule has 1 aromatic rings. The summed E-state index contributed by atoms with van der Waals surface area (Å²) in [6.07, 6.45) is 0. The van der Waals surface area contributed by atoms with Crippen LogP contribution in [0.25, 0.3) is 0 Å². The van der Waals surface area contributed by atoms with E-state index in [9.17, 15) is 14.4 Å². The number of carbonyl (C=O) groups is 1. The van der Waals surface area contributed by atoms with Crippen LogP contribution in [0.15, 0.2) is 9.59 Å². The molecule has 0 spiro atoms. The Morgan fingerprint density at radius 2 is 2.19 bits per heavy atom. The molecule has 0 saturated heterocycles. The van der Waals surface area contributed by atoms with Crippen LogP contribution in [0.5, 0.6) is 0 Å². The summed E-state index contributed by atoms with van der Waals surface area (Å²) in [4.78, 5) is 40.5. The maximum absolute atomic E-state index is 11.4. The summed E-state index contributed by atoms with van der Waals surface area (Å²) in [6, 6.07) is 0. The molecule has 1 rings (SSSR count). The first-order valence-corrected chi connectivity index (χ1v) is 4.71. The van der Waals surface area contributed by atoms with Crippen LogP contribution < -0.4 is 16.3 Å². The standard InChI is InChI=1S/C7H11N4O4P/c1-10(2)6-8-5(13)9-7(14)11(6)3-4(12)15-16/h3,16H2,1-2H3,(H,9,13,14). The summed E-state index contributed by atoms with van der Waals surface area (Å²) >= 11 is 0. The third kappa shape index (κ3) is 2.66. The van der Waals surface area contributed by atoms with Crippen molar-refractivity contribution in [3.8, 4) is 0 Å². The van der Waals surface area contributed by atoms with E-state index in [0.717, 1.165) is 4.57 Å². The topological polar surface area (TPSA) is 97.3 Å². The van der Waals surface area contributed by atoms with Gasteiger partial charge >= 0.3 is 17.3 Å². The smallest absolute Gasteiger partial charge is 0.352 e.